The summed E-state index contributed by atoms with van der Waals surface area (Å²) < 4.78 is 15.4. The van der Waals surface area contributed by atoms with Gasteiger partial charge in [0.05, 0.1) is 18.6 Å². The van der Waals surface area contributed by atoms with E-state index in [4.69, 9.17) is 21.1 Å². The number of fused-ring (bicyclic) bond motifs is 1. The van der Waals surface area contributed by atoms with E-state index in [-0.39, 0.29) is 12.2 Å². The first-order valence-corrected chi connectivity index (χ1v) is 6.61. The van der Waals surface area contributed by atoms with Crippen LogP contribution in [0.3, 0.4) is 0 Å². The van der Waals surface area contributed by atoms with E-state index in [2.05, 4.69) is 4.74 Å². The molecule has 1 aliphatic heterocycles. The molecule has 1 atom stereocenters. The Kier molecular flexibility index (Phi) is 4.49. The molecule has 5 nitrogen and oxygen atoms in total. The van der Waals surface area contributed by atoms with Crippen LogP contribution < -0.4 is 9.47 Å². The van der Waals surface area contributed by atoms with Gasteiger partial charge < -0.3 is 14.2 Å². The molecule has 2 rings (SSSR count). The van der Waals surface area contributed by atoms with Crippen LogP contribution in [0.15, 0.2) is 12.1 Å². The third-order valence-electron chi connectivity index (χ3n) is 3.03. The number of ether oxygens (including phenoxy) is 3. The van der Waals surface area contributed by atoms with E-state index < -0.39 is 11.9 Å². The molecule has 1 aromatic carbocycles. The van der Waals surface area contributed by atoms with Crippen LogP contribution in [0.5, 0.6) is 11.5 Å². The van der Waals surface area contributed by atoms with Crippen molar-refractivity contribution < 1.29 is 23.8 Å². The van der Waals surface area contributed by atoms with Crippen molar-refractivity contribution in [2.75, 3.05) is 20.3 Å². The molecule has 0 N–H and O–H groups in total. The number of hydrogen-bond acceptors (Lipinski definition) is 5. The van der Waals surface area contributed by atoms with Crippen LogP contribution >= 0.6 is 11.6 Å². The Morgan fingerprint density at radius 2 is 2.05 bits per heavy atom. The van der Waals surface area contributed by atoms with E-state index >= 15 is 0 Å². The zero-order chi connectivity index (χ0) is 14.7. The van der Waals surface area contributed by atoms with Crippen LogP contribution in [0.2, 0.25) is 5.02 Å². The highest BCUT2D eigenvalue weighted by Gasteiger charge is 2.23. The first kappa shape index (κ1) is 14.7. The van der Waals surface area contributed by atoms with Crippen LogP contribution in [0, 0.1) is 5.92 Å². The molecular weight excluding hydrogens is 284 g/mol. The molecule has 1 unspecified atom stereocenters. The average molecular weight is 299 g/mol. The number of methoxy groups -OCH3 is 1. The number of rotatable bonds is 4. The predicted molar refractivity (Wildman–Crippen MR) is 72.6 cm³/mol. The Balaban J connectivity index is 2.22. The van der Waals surface area contributed by atoms with Gasteiger partial charge in [-0.2, -0.15) is 0 Å². The fourth-order valence-corrected chi connectivity index (χ4v) is 2.23. The van der Waals surface area contributed by atoms with Crippen molar-refractivity contribution >= 4 is 23.4 Å². The van der Waals surface area contributed by atoms with Gasteiger partial charge in [-0.25, -0.2) is 0 Å². The summed E-state index contributed by atoms with van der Waals surface area (Å²) in [5.74, 6) is -0.183. The van der Waals surface area contributed by atoms with E-state index in [0.717, 1.165) is 0 Å². The van der Waals surface area contributed by atoms with Gasteiger partial charge >= 0.3 is 5.97 Å². The Bertz CT molecular complexity index is 541. The lowest BCUT2D eigenvalue weighted by atomic mass is 9.96. The van der Waals surface area contributed by atoms with Crippen molar-refractivity contribution in [2.24, 2.45) is 5.92 Å². The van der Waals surface area contributed by atoms with Crippen LogP contribution in [-0.4, -0.2) is 32.1 Å². The highest BCUT2D eigenvalue weighted by Crippen LogP contribution is 2.38. The third-order valence-corrected chi connectivity index (χ3v) is 3.31. The zero-order valence-corrected chi connectivity index (χ0v) is 12.0. The van der Waals surface area contributed by atoms with Crippen LogP contribution in [0.25, 0.3) is 0 Å². The molecular formula is C14H15ClO5. The van der Waals surface area contributed by atoms with Gasteiger partial charge in [-0.1, -0.05) is 18.5 Å². The fourth-order valence-electron chi connectivity index (χ4n) is 1.96. The standard InChI is InChI=1S/C14H15ClO5/c1-8(5-12(16)18-2)13(17)9-6-10(15)14-11(7-9)19-3-4-20-14/h6-8H,3-5H2,1-2H3. The van der Waals surface area contributed by atoms with Crippen molar-refractivity contribution in [3.8, 4) is 11.5 Å². The van der Waals surface area contributed by atoms with Gasteiger partial charge in [-0.3, -0.25) is 9.59 Å². The van der Waals surface area contributed by atoms with Gasteiger partial charge in [0.15, 0.2) is 17.3 Å². The lowest BCUT2D eigenvalue weighted by Gasteiger charge is -2.20. The Labute approximate surface area is 121 Å². The molecule has 0 aromatic heterocycles. The minimum atomic E-state index is -0.485. The summed E-state index contributed by atoms with van der Waals surface area (Å²) in [5, 5.41) is 0.329. The molecule has 20 heavy (non-hydrogen) atoms. The summed E-state index contributed by atoms with van der Waals surface area (Å²) in [4.78, 5) is 23.5. The number of ketones is 1. The Hall–Kier alpha value is -1.75. The average Bonchev–Trinajstić information content (AvgIpc) is 2.46. The number of benzene rings is 1. The summed E-state index contributed by atoms with van der Waals surface area (Å²) in [7, 11) is 1.29. The molecule has 0 bridgehead atoms. The van der Waals surface area contributed by atoms with Crippen LogP contribution in [0.1, 0.15) is 23.7 Å². The second-order valence-electron chi connectivity index (χ2n) is 4.53. The topological polar surface area (TPSA) is 61.8 Å². The molecule has 1 aliphatic rings. The highest BCUT2D eigenvalue weighted by atomic mass is 35.5. The fraction of sp³-hybridized carbons (Fsp3) is 0.429. The van der Waals surface area contributed by atoms with Crippen molar-refractivity contribution in [1.29, 1.82) is 0 Å². The molecule has 0 saturated carbocycles. The SMILES string of the molecule is COC(=O)CC(C)C(=O)c1cc(Cl)c2c(c1)OCCO2. The quantitative estimate of drug-likeness (QED) is 0.631. The van der Waals surface area contributed by atoms with Crippen molar-refractivity contribution in [3.05, 3.63) is 22.7 Å². The summed E-state index contributed by atoms with van der Waals surface area (Å²) >= 11 is 6.08. The van der Waals surface area contributed by atoms with E-state index in [1.807, 2.05) is 0 Å². The van der Waals surface area contributed by atoms with E-state index in [1.54, 1.807) is 13.0 Å². The van der Waals surface area contributed by atoms with Gasteiger partial charge in [0.1, 0.15) is 13.2 Å². The largest absolute Gasteiger partial charge is 0.486 e. The molecule has 0 fully saturated rings. The molecule has 0 saturated heterocycles. The molecule has 1 aromatic rings. The number of Topliss-reactive ketones (excluding diaryl/α,β-unsaturated/α-hetero) is 1. The second-order valence-corrected chi connectivity index (χ2v) is 4.94. The molecule has 0 spiro atoms. The summed E-state index contributed by atoms with van der Waals surface area (Å²) in [6.45, 7) is 2.52. The first-order valence-electron chi connectivity index (χ1n) is 6.23. The second kappa shape index (κ2) is 6.13. The smallest absolute Gasteiger partial charge is 0.306 e. The first-order chi connectivity index (χ1) is 9.52. The van der Waals surface area contributed by atoms with E-state index in [1.165, 1.54) is 13.2 Å². The van der Waals surface area contributed by atoms with Gasteiger partial charge in [0.25, 0.3) is 0 Å². The van der Waals surface area contributed by atoms with Crippen LogP contribution in [0.4, 0.5) is 0 Å². The predicted octanol–water partition coefficient (Wildman–Crippen LogP) is 2.49. The minimum absolute atomic E-state index is 0.0292. The highest BCUT2D eigenvalue weighted by molar-refractivity contribution is 6.32. The number of esters is 1. The summed E-state index contributed by atoms with van der Waals surface area (Å²) in [6.07, 6.45) is 0.0292. The van der Waals surface area contributed by atoms with E-state index in [9.17, 15) is 9.59 Å². The maximum atomic E-state index is 12.3. The molecule has 0 amide bonds. The summed E-state index contributed by atoms with van der Waals surface area (Å²) in [6, 6.07) is 3.13. The number of halogens is 1. The van der Waals surface area contributed by atoms with Crippen molar-refractivity contribution in [2.45, 2.75) is 13.3 Å². The lowest BCUT2D eigenvalue weighted by Crippen LogP contribution is -2.19. The van der Waals surface area contributed by atoms with Gasteiger partial charge in [0.2, 0.25) is 0 Å². The maximum Gasteiger partial charge on any atom is 0.306 e. The molecule has 1 heterocycles. The van der Waals surface area contributed by atoms with Crippen molar-refractivity contribution in [1.82, 2.24) is 0 Å². The normalized spacial score (nSPS) is 14.6. The molecule has 108 valence electrons. The van der Waals surface area contributed by atoms with Crippen molar-refractivity contribution in [3.63, 3.8) is 0 Å². The molecule has 6 heteroatoms. The Morgan fingerprint density at radius 1 is 1.35 bits per heavy atom. The minimum Gasteiger partial charge on any atom is -0.486 e. The summed E-state index contributed by atoms with van der Waals surface area (Å²) in [5.41, 5.74) is 0.399. The van der Waals surface area contributed by atoms with Gasteiger partial charge in [0, 0.05) is 11.5 Å². The number of carbonyl (C=O) groups excluding carboxylic acids is 2. The number of carbonyl (C=O) groups is 2. The Morgan fingerprint density at radius 3 is 2.75 bits per heavy atom. The van der Waals surface area contributed by atoms with E-state index in [0.29, 0.717) is 35.3 Å². The lowest BCUT2D eigenvalue weighted by molar-refractivity contribution is -0.141. The molecule has 0 aliphatic carbocycles. The van der Waals surface area contributed by atoms with Gasteiger partial charge in [-0.05, 0) is 12.1 Å². The zero-order valence-electron chi connectivity index (χ0n) is 11.3. The number of hydrogen-bond donors (Lipinski definition) is 0. The van der Waals surface area contributed by atoms with Crippen LogP contribution in [-0.2, 0) is 9.53 Å². The third kappa shape index (κ3) is 3.04. The maximum absolute atomic E-state index is 12.3. The van der Waals surface area contributed by atoms with Gasteiger partial charge in [-0.15, -0.1) is 0 Å². The monoisotopic (exact) mass is 298 g/mol. The molecule has 0 radical (unpaired) electrons.